The number of nitrogens with two attached hydrogens (primary N) is 1. The van der Waals surface area contributed by atoms with Crippen molar-refractivity contribution in [1.29, 1.82) is 0 Å². The summed E-state index contributed by atoms with van der Waals surface area (Å²) in [4.78, 5) is 8.35. The molecule has 0 aliphatic carbocycles. The Morgan fingerprint density at radius 1 is 1.23 bits per heavy atom. The van der Waals surface area contributed by atoms with E-state index in [0.29, 0.717) is 17.7 Å². The molecule has 0 unspecified atom stereocenters. The molecule has 3 N–H and O–H groups in total. The second kappa shape index (κ2) is 8.95. The van der Waals surface area contributed by atoms with Gasteiger partial charge >= 0.3 is 0 Å². The van der Waals surface area contributed by atoms with E-state index >= 15 is 0 Å². The van der Waals surface area contributed by atoms with Crippen LogP contribution in [0.3, 0.4) is 0 Å². The molecule has 22 heavy (non-hydrogen) atoms. The van der Waals surface area contributed by atoms with Gasteiger partial charge in [0.1, 0.15) is 5.15 Å². The van der Waals surface area contributed by atoms with Crippen LogP contribution in [0.2, 0.25) is 5.15 Å². The number of aliphatic imine (C=N–C) groups is 1. The lowest BCUT2D eigenvalue weighted by molar-refractivity contribution is 0.955. The van der Waals surface area contributed by atoms with Crippen molar-refractivity contribution in [3.63, 3.8) is 0 Å². The van der Waals surface area contributed by atoms with E-state index in [0.717, 1.165) is 17.7 Å². The average Bonchev–Trinajstić information content (AvgIpc) is 2.39. The number of nitrogens with one attached hydrogen (secondary N) is 1. The number of rotatable bonds is 4. The minimum absolute atomic E-state index is 0. The molecule has 0 bridgehead atoms. The highest BCUT2D eigenvalue weighted by Gasteiger charge is 1.98. The van der Waals surface area contributed by atoms with Gasteiger partial charge in [0.25, 0.3) is 0 Å². The van der Waals surface area contributed by atoms with Gasteiger partial charge < -0.3 is 11.1 Å². The van der Waals surface area contributed by atoms with E-state index in [2.05, 4.69) is 35.2 Å². The SMILES string of the molecule is Cc1cc(C)cc(NC(N)=NCCc2ccc(Cl)nc2)c1.I. The number of hydrogen-bond donors (Lipinski definition) is 2. The van der Waals surface area contributed by atoms with E-state index in [9.17, 15) is 0 Å². The summed E-state index contributed by atoms with van der Waals surface area (Å²) in [7, 11) is 0. The van der Waals surface area contributed by atoms with Gasteiger partial charge in [-0.05, 0) is 55.2 Å². The van der Waals surface area contributed by atoms with Crippen molar-refractivity contribution >= 4 is 47.2 Å². The van der Waals surface area contributed by atoms with Crippen molar-refractivity contribution in [3.05, 3.63) is 58.4 Å². The third-order valence-corrected chi connectivity index (χ3v) is 3.19. The maximum atomic E-state index is 5.90. The zero-order valence-corrected chi connectivity index (χ0v) is 15.7. The number of anilines is 1. The molecule has 1 heterocycles. The Morgan fingerprint density at radius 3 is 2.50 bits per heavy atom. The highest BCUT2D eigenvalue weighted by molar-refractivity contribution is 14.0. The van der Waals surface area contributed by atoms with E-state index in [1.54, 1.807) is 12.3 Å². The second-order valence-electron chi connectivity index (χ2n) is 5.01. The maximum Gasteiger partial charge on any atom is 0.193 e. The van der Waals surface area contributed by atoms with E-state index < -0.39 is 0 Å². The van der Waals surface area contributed by atoms with Crippen molar-refractivity contribution in [2.45, 2.75) is 20.3 Å². The summed E-state index contributed by atoms with van der Waals surface area (Å²) >= 11 is 5.74. The lowest BCUT2D eigenvalue weighted by Crippen LogP contribution is -2.23. The van der Waals surface area contributed by atoms with E-state index in [-0.39, 0.29) is 24.0 Å². The summed E-state index contributed by atoms with van der Waals surface area (Å²) in [5.41, 5.74) is 10.3. The topological polar surface area (TPSA) is 63.3 Å². The number of hydrogen-bond acceptors (Lipinski definition) is 2. The standard InChI is InChI=1S/C16H19ClN4.HI/c1-11-7-12(2)9-14(8-11)21-16(18)19-6-5-13-3-4-15(17)20-10-13;/h3-4,7-10H,5-6H2,1-2H3,(H3,18,19,21);1H. The van der Waals surface area contributed by atoms with Gasteiger partial charge in [0.05, 0.1) is 0 Å². The number of pyridine rings is 1. The van der Waals surface area contributed by atoms with Gasteiger partial charge in [0.15, 0.2) is 5.96 Å². The van der Waals surface area contributed by atoms with Crippen molar-refractivity contribution in [2.75, 3.05) is 11.9 Å². The number of nitrogens with zero attached hydrogens (tertiary/aromatic N) is 2. The molecule has 0 spiro atoms. The quantitative estimate of drug-likeness (QED) is 0.334. The van der Waals surface area contributed by atoms with Gasteiger partial charge in [-0.1, -0.05) is 23.7 Å². The Hall–Kier alpha value is -1.34. The Kier molecular flexibility index (Phi) is 7.61. The first-order chi connectivity index (χ1) is 10.0. The Morgan fingerprint density at radius 2 is 1.91 bits per heavy atom. The lowest BCUT2D eigenvalue weighted by Gasteiger charge is -2.08. The van der Waals surface area contributed by atoms with Crippen LogP contribution in [-0.2, 0) is 6.42 Å². The molecule has 0 atom stereocenters. The predicted octanol–water partition coefficient (Wildman–Crippen LogP) is 3.94. The fraction of sp³-hybridized carbons (Fsp3) is 0.250. The molecule has 2 aromatic rings. The van der Waals surface area contributed by atoms with Gasteiger partial charge in [-0.3, -0.25) is 4.99 Å². The summed E-state index contributed by atoms with van der Waals surface area (Å²) in [5.74, 6) is 0.418. The van der Waals surface area contributed by atoms with Gasteiger partial charge in [-0.2, -0.15) is 0 Å². The Bertz CT molecular complexity index is 621. The zero-order chi connectivity index (χ0) is 15.2. The first-order valence-electron chi connectivity index (χ1n) is 6.78. The van der Waals surface area contributed by atoms with Crippen LogP contribution in [-0.4, -0.2) is 17.5 Å². The fourth-order valence-corrected chi connectivity index (χ4v) is 2.21. The van der Waals surface area contributed by atoms with Crippen LogP contribution in [0, 0.1) is 13.8 Å². The van der Waals surface area contributed by atoms with Crippen LogP contribution in [0.5, 0.6) is 0 Å². The summed E-state index contributed by atoms with van der Waals surface area (Å²) in [6.45, 7) is 4.71. The van der Waals surface area contributed by atoms with Crippen LogP contribution in [0.15, 0.2) is 41.5 Å². The molecule has 0 radical (unpaired) electrons. The fourth-order valence-electron chi connectivity index (χ4n) is 2.09. The van der Waals surface area contributed by atoms with E-state index in [4.69, 9.17) is 17.3 Å². The monoisotopic (exact) mass is 430 g/mol. The third kappa shape index (κ3) is 6.19. The molecule has 0 aliphatic heterocycles. The minimum Gasteiger partial charge on any atom is -0.370 e. The molecular weight excluding hydrogens is 411 g/mol. The third-order valence-electron chi connectivity index (χ3n) is 2.97. The summed E-state index contributed by atoms with van der Waals surface area (Å²) < 4.78 is 0. The molecule has 4 nitrogen and oxygen atoms in total. The lowest BCUT2D eigenvalue weighted by atomic mass is 10.1. The normalized spacial score (nSPS) is 11.0. The molecule has 1 aromatic carbocycles. The van der Waals surface area contributed by atoms with Gasteiger partial charge in [0.2, 0.25) is 0 Å². The number of halogens is 2. The number of aromatic nitrogens is 1. The molecule has 6 heteroatoms. The molecule has 0 amide bonds. The zero-order valence-electron chi connectivity index (χ0n) is 12.6. The molecule has 0 saturated heterocycles. The average molecular weight is 431 g/mol. The molecule has 2 rings (SSSR count). The van der Waals surface area contributed by atoms with Crippen molar-refractivity contribution in [2.24, 2.45) is 10.7 Å². The highest BCUT2D eigenvalue weighted by atomic mass is 127. The smallest absolute Gasteiger partial charge is 0.193 e. The Labute approximate surface area is 153 Å². The molecule has 0 fully saturated rings. The highest BCUT2D eigenvalue weighted by Crippen LogP contribution is 2.13. The maximum absolute atomic E-state index is 5.90. The van der Waals surface area contributed by atoms with Gasteiger partial charge in [0, 0.05) is 18.4 Å². The predicted molar refractivity (Wildman–Crippen MR) is 104 cm³/mol. The molecule has 118 valence electrons. The van der Waals surface area contributed by atoms with Gasteiger partial charge in [-0.25, -0.2) is 4.98 Å². The summed E-state index contributed by atoms with van der Waals surface area (Å²) in [6.07, 6.45) is 2.53. The number of aryl methyl sites for hydroxylation is 2. The summed E-state index contributed by atoms with van der Waals surface area (Å²) in [5, 5.41) is 3.61. The van der Waals surface area contributed by atoms with Crippen molar-refractivity contribution in [1.82, 2.24) is 4.98 Å². The molecular formula is C16H20ClIN4. The first kappa shape index (κ1) is 18.7. The van der Waals surface area contributed by atoms with Crippen LogP contribution >= 0.6 is 35.6 Å². The Balaban J connectivity index is 0.00000242. The number of guanidine groups is 1. The number of benzene rings is 1. The largest absolute Gasteiger partial charge is 0.370 e. The molecule has 0 aliphatic rings. The van der Waals surface area contributed by atoms with Crippen molar-refractivity contribution < 1.29 is 0 Å². The minimum atomic E-state index is 0. The van der Waals surface area contributed by atoms with Crippen LogP contribution in [0.4, 0.5) is 5.69 Å². The van der Waals surface area contributed by atoms with E-state index in [1.165, 1.54) is 11.1 Å². The van der Waals surface area contributed by atoms with Crippen LogP contribution in [0.1, 0.15) is 16.7 Å². The van der Waals surface area contributed by atoms with Crippen LogP contribution < -0.4 is 11.1 Å². The molecule has 1 aromatic heterocycles. The summed E-state index contributed by atoms with van der Waals surface area (Å²) in [6, 6.07) is 9.92. The van der Waals surface area contributed by atoms with Crippen molar-refractivity contribution in [3.8, 4) is 0 Å². The van der Waals surface area contributed by atoms with Crippen LogP contribution in [0.25, 0.3) is 0 Å². The first-order valence-corrected chi connectivity index (χ1v) is 7.16. The second-order valence-corrected chi connectivity index (χ2v) is 5.39. The van der Waals surface area contributed by atoms with E-state index in [1.807, 2.05) is 18.2 Å². The van der Waals surface area contributed by atoms with Gasteiger partial charge in [-0.15, -0.1) is 24.0 Å². The molecule has 0 saturated carbocycles.